The molecular weight excluding hydrogens is 144 g/mol. The van der Waals surface area contributed by atoms with Gasteiger partial charge < -0.3 is 0 Å². The van der Waals surface area contributed by atoms with Crippen molar-refractivity contribution in [3.05, 3.63) is 41.3 Å². The zero-order valence-corrected chi connectivity index (χ0v) is 6.15. The molecule has 0 heterocycles. The molecule has 0 atom stereocenters. The van der Waals surface area contributed by atoms with E-state index in [0.717, 1.165) is 5.56 Å². The fraction of sp³-hybridized carbons (Fsp3) is 0. The average Bonchev–Trinajstić information content (AvgIpc) is 1.88. The van der Waals surface area contributed by atoms with Crippen LogP contribution in [-0.2, 0) is 0 Å². The number of benzene rings is 1. The molecule has 0 saturated heterocycles. The third-order valence-corrected chi connectivity index (χ3v) is 1.50. The summed E-state index contributed by atoms with van der Waals surface area (Å²) < 4.78 is 0. The molecule has 0 saturated carbocycles. The first-order chi connectivity index (χ1) is 4.74. The first-order valence-corrected chi connectivity index (χ1v) is 3.20. The summed E-state index contributed by atoms with van der Waals surface area (Å²) in [7, 11) is 0. The van der Waals surface area contributed by atoms with E-state index in [-0.39, 0.29) is 0 Å². The number of rotatable bonds is 0. The summed E-state index contributed by atoms with van der Waals surface area (Å²) in [5.74, 6) is 2.46. The van der Waals surface area contributed by atoms with Crippen LogP contribution in [0.4, 0.5) is 0 Å². The normalized spacial score (nSPS) is 8.90. The molecule has 10 heavy (non-hydrogen) atoms. The summed E-state index contributed by atoms with van der Waals surface area (Å²) in [5, 5.41) is 0.593. The van der Waals surface area contributed by atoms with Crippen LogP contribution < -0.4 is 0 Å². The Morgan fingerprint density at radius 3 is 2.70 bits per heavy atom. The maximum absolute atomic E-state index is 5.75. The molecule has 0 aliphatic heterocycles. The van der Waals surface area contributed by atoms with Crippen molar-refractivity contribution in [2.75, 3.05) is 0 Å². The zero-order chi connectivity index (χ0) is 7.56. The van der Waals surface area contributed by atoms with E-state index in [4.69, 9.17) is 18.0 Å². The van der Waals surface area contributed by atoms with Crippen LogP contribution in [0, 0.1) is 19.3 Å². The Bertz CT molecular complexity index is 281. The minimum Gasteiger partial charge on any atom is -0.115 e. The van der Waals surface area contributed by atoms with E-state index >= 15 is 0 Å². The highest BCUT2D eigenvalue weighted by Gasteiger charge is 1.94. The van der Waals surface area contributed by atoms with Crippen LogP contribution in [0.1, 0.15) is 11.1 Å². The van der Waals surface area contributed by atoms with Crippen molar-refractivity contribution < 1.29 is 0 Å². The lowest BCUT2D eigenvalue weighted by molar-refractivity contribution is 1.58. The van der Waals surface area contributed by atoms with Gasteiger partial charge in [-0.2, -0.15) is 0 Å². The smallest absolute Gasteiger partial charge is 0.0565 e. The van der Waals surface area contributed by atoms with Crippen LogP contribution in [0.25, 0.3) is 0 Å². The monoisotopic (exact) mass is 149 g/mol. The second kappa shape index (κ2) is 2.77. The van der Waals surface area contributed by atoms with E-state index < -0.39 is 0 Å². The maximum Gasteiger partial charge on any atom is 0.0565 e. The third kappa shape index (κ3) is 1.32. The molecule has 1 rings (SSSR count). The molecule has 0 unspecified atom stereocenters. The molecule has 1 radical (unpaired) electrons. The first kappa shape index (κ1) is 7.18. The summed E-state index contributed by atoms with van der Waals surface area (Å²) in [6.07, 6.45) is 5.15. The van der Waals surface area contributed by atoms with Crippen molar-refractivity contribution in [1.29, 1.82) is 0 Å². The molecule has 0 fully saturated rings. The topological polar surface area (TPSA) is 0 Å². The van der Waals surface area contributed by atoms with Gasteiger partial charge in [0, 0.05) is 5.56 Å². The van der Waals surface area contributed by atoms with Gasteiger partial charge in [0.05, 0.1) is 5.02 Å². The molecule has 1 heteroatoms. The predicted molar refractivity (Wildman–Crippen MR) is 43.8 cm³/mol. The lowest BCUT2D eigenvalue weighted by Crippen LogP contribution is -1.77. The molecule has 0 aliphatic rings. The fourth-order valence-electron chi connectivity index (χ4n) is 0.676. The Labute approximate surface area is 65.8 Å². The van der Waals surface area contributed by atoms with Crippen molar-refractivity contribution in [3.63, 3.8) is 0 Å². The van der Waals surface area contributed by atoms with Gasteiger partial charge in [0.1, 0.15) is 0 Å². The summed E-state index contributed by atoms with van der Waals surface area (Å²) in [4.78, 5) is 0. The Kier molecular flexibility index (Phi) is 1.99. The summed E-state index contributed by atoms with van der Waals surface area (Å²) in [5.41, 5.74) is 1.60. The number of hydrogen-bond acceptors (Lipinski definition) is 0. The van der Waals surface area contributed by atoms with Crippen LogP contribution in [0.5, 0.6) is 0 Å². The Morgan fingerprint density at radius 1 is 1.50 bits per heavy atom. The zero-order valence-electron chi connectivity index (χ0n) is 5.39. The van der Waals surface area contributed by atoms with Gasteiger partial charge in [0.25, 0.3) is 0 Å². The number of hydrogen-bond donors (Lipinski definition) is 0. The van der Waals surface area contributed by atoms with Crippen LogP contribution in [0.3, 0.4) is 0 Å². The Hall–Kier alpha value is -0.930. The van der Waals surface area contributed by atoms with E-state index in [1.807, 2.05) is 6.07 Å². The maximum atomic E-state index is 5.75. The third-order valence-electron chi connectivity index (χ3n) is 1.19. The van der Waals surface area contributed by atoms with Gasteiger partial charge in [-0.25, -0.2) is 0 Å². The lowest BCUT2D eigenvalue weighted by atomic mass is 10.2. The summed E-state index contributed by atoms with van der Waals surface area (Å²) in [6, 6.07) is 5.36. The summed E-state index contributed by atoms with van der Waals surface area (Å²) in [6.45, 7) is 3.70. The fourth-order valence-corrected chi connectivity index (χ4v) is 0.933. The standard InChI is InChI=1S/C9H6Cl/c1-3-8-5-4-7(2)6-9(8)10/h1,4-6H,2H2. The molecule has 1 aromatic rings. The molecule has 0 N–H and O–H groups in total. The van der Waals surface area contributed by atoms with Crippen molar-refractivity contribution >= 4 is 11.6 Å². The van der Waals surface area contributed by atoms with Gasteiger partial charge >= 0.3 is 0 Å². The summed E-state index contributed by atoms with van der Waals surface area (Å²) >= 11 is 5.75. The van der Waals surface area contributed by atoms with Gasteiger partial charge in [-0.15, -0.1) is 6.42 Å². The SMILES string of the molecule is C#Cc1ccc([CH2])cc1Cl. The van der Waals surface area contributed by atoms with Crippen LogP contribution in [-0.4, -0.2) is 0 Å². The molecule has 0 spiro atoms. The van der Waals surface area contributed by atoms with Crippen molar-refractivity contribution in [1.82, 2.24) is 0 Å². The molecule has 0 bridgehead atoms. The van der Waals surface area contributed by atoms with Crippen molar-refractivity contribution in [2.24, 2.45) is 0 Å². The van der Waals surface area contributed by atoms with Crippen LogP contribution >= 0.6 is 11.6 Å². The second-order valence-electron chi connectivity index (χ2n) is 1.96. The largest absolute Gasteiger partial charge is 0.115 e. The molecule has 1 aromatic carbocycles. The van der Waals surface area contributed by atoms with E-state index in [2.05, 4.69) is 12.8 Å². The Morgan fingerprint density at radius 2 is 2.20 bits per heavy atom. The van der Waals surface area contributed by atoms with Crippen LogP contribution in [0.2, 0.25) is 5.02 Å². The number of halogens is 1. The minimum absolute atomic E-state index is 0.593. The van der Waals surface area contributed by atoms with E-state index in [9.17, 15) is 0 Å². The van der Waals surface area contributed by atoms with Gasteiger partial charge in [-0.05, 0) is 24.6 Å². The molecule has 0 aliphatic carbocycles. The highest BCUT2D eigenvalue weighted by molar-refractivity contribution is 6.31. The molecule has 0 amide bonds. The van der Waals surface area contributed by atoms with Crippen molar-refractivity contribution in [3.8, 4) is 12.3 Å². The second-order valence-corrected chi connectivity index (χ2v) is 2.37. The van der Waals surface area contributed by atoms with E-state index in [1.165, 1.54) is 0 Å². The predicted octanol–water partition coefficient (Wildman–Crippen LogP) is 2.50. The van der Waals surface area contributed by atoms with Gasteiger partial charge in [0.15, 0.2) is 0 Å². The van der Waals surface area contributed by atoms with Gasteiger partial charge in [-0.3, -0.25) is 0 Å². The molecule has 0 aromatic heterocycles. The highest BCUT2D eigenvalue weighted by Crippen LogP contribution is 2.15. The van der Waals surface area contributed by atoms with E-state index in [0.29, 0.717) is 10.6 Å². The van der Waals surface area contributed by atoms with Crippen molar-refractivity contribution in [2.45, 2.75) is 0 Å². The molecular formula is C9H6Cl. The van der Waals surface area contributed by atoms with Crippen LogP contribution in [0.15, 0.2) is 18.2 Å². The van der Waals surface area contributed by atoms with Gasteiger partial charge in [-0.1, -0.05) is 23.6 Å². The highest BCUT2D eigenvalue weighted by atomic mass is 35.5. The van der Waals surface area contributed by atoms with E-state index in [1.54, 1.807) is 12.1 Å². The molecule has 49 valence electrons. The lowest BCUT2D eigenvalue weighted by Gasteiger charge is -1.95. The molecule has 0 nitrogen and oxygen atoms in total. The minimum atomic E-state index is 0.593. The van der Waals surface area contributed by atoms with Gasteiger partial charge in [0.2, 0.25) is 0 Å². The average molecular weight is 150 g/mol. The quantitative estimate of drug-likeness (QED) is 0.498. The first-order valence-electron chi connectivity index (χ1n) is 2.82. The number of terminal acetylenes is 1. The Balaban J connectivity index is 3.23.